The Morgan fingerprint density at radius 3 is 2.41 bits per heavy atom. The zero-order valence-electron chi connectivity index (χ0n) is 10.4. The molecule has 0 amide bonds. The molecule has 0 N–H and O–H groups in total. The van der Waals surface area contributed by atoms with Crippen LogP contribution in [0.2, 0.25) is 0 Å². The molecular formula is C14H21N3. The summed E-state index contributed by atoms with van der Waals surface area (Å²) < 4.78 is 0. The molecule has 1 aliphatic heterocycles. The first-order valence-electron chi connectivity index (χ1n) is 6.93. The lowest BCUT2D eigenvalue weighted by atomic mass is 9.93. The summed E-state index contributed by atoms with van der Waals surface area (Å²) in [5, 5.41) is 0. The van der Waals surface area contributed by atoms with Crippen molar-refractivity contribution in [3.8, 4) is 0 Å². The third kappa shape index (κ3) is 2.49. The van der Waals surface area contributed by atoms with Crippen LogP contribution in [0.25, 0.3) is 0 Å². The molecule has 1 aliphatic carbocycles. The number of nitrogens with zero attached hydrogens (tertiary/aromatic N) is 3. The fraction of sp³-hybridized carbons (Fsp3) is 0.714. The number of hydrogen-bond donors (Lipinski definition) is 0. The average Bonchev–Trinajstić information content (AvgIpc) is 2.94. The predicted molar refractivity (Wildman–Crippen MR) is 67.8 cm³/mol. The van der Waals surface area contributed by atoms with Crippen LogP contribution in [0.5, 0.6) is 0 Å². The fourth-order valence-corrected chi connectivity index (χ4v) is 3.35. The van der Waals surface area contributed by atoms with Crippen LogP contribution in [-0.2, 0) is 0 Å². The molecule has 2 fully saturated rings. The summed E-state index contributed by atoms with van der Waals surface area (Å²) in [6.45, 7) is 2.51. The smallest absolute Gasteiger partial charge is 0.0618 e. The minimum atomic E-state index is 0.640. The summed E-state index contributed by atoms with van der Waals surface area (Å²) in [4.78, 5) is 11.3. The lowest BCUT2D eigenvalue weighted by Gasteiger charge is -2.35. The van der Waals surface area contributed by atoms with Gasteiger partial charge in [-0.25, -0.2) is 0 Å². The van der Waals surface area contributed by atoms with E-state index in [4.69, 9.17) is 0 Å². The van der Waals surface area contributed by atoms with Crippen LogP contribution in [0.1, 0.15) is 50.1 Å². The molecule has 1 saturated heterocycles. The lowest BCUT2D eigenvalue weighted by Crippen LogP contribution is -2.39. The Labute approximate surface area is 103 Å². The van der Waals surface area contributed by atoms with Crippen molar-refractivity contribution < 1.29 is 0 Å². The Bertz CT molecular complexity index is 338. The van der Waals surface area contributed by atoms with Crippen LogP contribution >= 0.6 is 0 Å². The van der Waals surface area contributed by atoms with Gasteiger partial charge in [0.2, 0.25) is 0 Å². The number of likely N-dealkylation sites (tertiary alicyclic amines) is 1. The molecule has 1 aromatic rings. The van der Waals surface area contributed by atoms with Gasteiger partial charge >= 0.3 is 0 Å². The van der Waals surface area contributed by atoms with E-state index in [1.807, 2.05) is 12.4 Å². The maximum Gasteiger partial charge on any atom is 0.0618 e. The van der Waals surface area contributed by atoms with Crippen molar-refractivity contribution in [2.75, 3.05) is 13.1 Å². The van der Waals surface area contributed by atoms with Crippen LogP contribution in [0, 0.1) is 0 Å². The summed E-state index contributed by atoms with van der Waals surface area (Å²) in [5.41, 5.74) is 1.19. The maximum atomic E-state index is 4.44. The highest BCUT2D eigenvalue weighted by Crippen LogP contribution is 2.31. The molecule has 92 valence electrons. The highest BCUT2D eigenvalue weighted by atomic mass is 15.2. The van der Waals surface area contributed by atoms with E-state index in [9.17, 15) is 0 Å². The molecule has 3 rings (SSSR count). The van der Waals surface area contributed by atoms with Crippen molar-refractivity contribution in [3.05, 3.63) is 24.3 Å². The Kier molecular flexibility index (Phi) is 3.36. The third-order valence-corrected chi connectivity index (χ3v) is 4.37. The molecule has 0 spiro atoms. The first kappa shape index (κ1) is 11.1. The molecule has 17 heavy (non-hydrogen) atoms. The summed E-state index contributed by atoms with van der Waals surface area (Å²) >= 11 is 0. The minimum Gasteiger partial charge on any atom is -0.300 e. The molecule has 3 heteroatoms. The molecule has 0 atom stereocenters. The Morgan fingerprint density at radius 2 is 1.76 bits per heavy atom. The molecule has 3 nitrogen and oxygen atoms in total. The van der Waals surface area contributed by atoms with Crippen LogP contribution in [-0.4, -0.2) is 34.0 Å². The molecular weight excluding hydrogens is 210 g/mol. The zero-order chi connectivity index (χ0) is 11.5. The van der Waals surface area contributed by atoms with Gasteiger partial charge in [-0.3, -0.25) is 9.97 Å². The number of hydrogen-bond acceptors (Lipinski definition) is 3. The van der Waals surface area contributed by atoms with Crippen LogP contribution in [0.15, 0.2) is 18.6 Å². The van der Waals surface area contributed by atoms with Crippen LogP contribution in [0.3, 0.4) is 0 Å². The normalized spacial score (nSPS) is 24.2. The van der Waals surface area contributed by atoms with E-state index in [2.05, 4.69) is 14.9 Å². The minimum absolute atomic E-state index is 0.640. The zero-order valence-corrected chi connectivity index (χ0v) is 10.4. The van der Waals surface area contributed by atoms with Gasteiger partial charge in [-0.1, -0.05) is 12.8 Å². The van der Waals surface area contributed by atoms with Gasteiger partial charge in [-0.15, -0.1) is 0 Å². The molecule has 2 aliphatic rings. The summed E-state index contributed by atoms with van der Waals surface area (Å²) in [6, 6.07) is 0.887. The summed E-state index contributed by atoms with van der Waals surface area (Å²) in [6.07, 6.45) is 13.8. The van der Waals surface area contributed by atoms with Gasteiger partial charge in [-0.2, -0.15) is 0 Å². The van der Waals surface area contributed by atoms with E-state index in [1.54, 1.807) is 6.20 Å². The van der Waals surface area contributed by atoms with Crippen LogP contribution < -0.4 is 0 Å². The highest BCUT2D eigenvalue weighted by molar-refractivity contribution is 5.05. The molecule has 1 saturated carbocycles. The number of aromatic nitrogens is 2. The topological polar surface area (TPSA) is 29.0 Å². The Balaban J connectivity index is 1.57. The third-order valence-electron chi connectivity index (χ3n) is 4.37. The quantitative estimate of drug-likeness (QED) is 0.783. The lowest BCUT2D eigenvalue weighted by molar-refractivity contribution is 0.153. The first-order valence-corrected chi connectivity index (χ1v) is 6.93. The van der Waals surface area contributed by atoms with Crippen molar-refractivity contribution in [1.29, 1.82) is 0 Å². The second-order valence-corrected chi connectivity index (χ2v) is 5.38. The van der Waals surface area contributed by atoms with E-state index < -0.39 is 0 Å². The SMILES string of the molecule is c1cnc(C2CCN(C3CCCC3)CC2)cn1. The van der Waals surface area contributed by atoms with Gasteiger partial charge in [0, 0.05) is 30.6 Å². The monoisotopic (exact) mass is 231 g/mol. The van der Waals surface area contributed by atoms with Crippen LogP contribution in [0.4, 0.5) is 0 Å². The van der Waals surface area contributed by atoms with Crippen molar-refractivity contribution in [2.24, 2.45) is 0 Å². The van der Waals surface area contributed by atoms with Crippen molar-refractivity contribution >= 4 is 0 Å². The maximum absolute atomic E-state index is 4.44. The van der Waals surface area contributed by atoms with Gasteiger partial charge < -0.3 is 4.90 Å². The van der Waals surface area contributed by atoms with Gasteiger partial charge in [0.25, 0.3) is 0 Å². The second kappa shape index (κ2) is 5.13. The Morgan fingerprint density at radius 1 is 1.00 bits per heavy atom. The van der Waals surface area contributed by atoms with E-state index in [0.29, 0.717) is 5.92 Å². The van der Waals surface area contributed by atoms with Gasteiger partial charge in [0.1, 0.15) is 0 Å². The summed E-state index contributed by atoms with van der Waals surface area (Å²) in [7, 11) is 0. The highest BCUT2D eigenvalue weighted by Gasteiger charge is 2.27. The largest absolute Gasteiger partial charge is 0.300 e. The van der Waals surface area contributed by atoms with E-state index >= 15 is 0 Å². The summed E-state index contributed by atoms with van der Waals surface area (Å²) in [5.74, 6) is 0.640. The van der Waals surface area contributed by atoms with Crippen molar-refractivity contribution in [1.82, 2.24) is 14.9 Å². The second-order valence-electron chi connectivity index (χ2n) is 5.38. The predicted octanol–water partition coefficient (Wildman–Crippen LogP) is 2.60. The van der Waals surface area contributed by atoms with E-state index in [0.717, 1.165) is 6.04 Å². The van der Waals surface area contributed by atoms with Gasteiger partial charge in [0.15, 0.2) is 0 Å². The molecule has 2 heterocycles. The van der Waals surface area contributed by atoms with Gasteiger partial charge in [0.05, 0.1) is 5.69 Å². The fourth-order valence-electron chi connectivity index (χ4n) is 3.35. The number of rotatable bonds is 2. The molecule has 0 radical (unpaired) electrons. The Hall–Kier alpha value is -0.960. The molecule has 1 aromatic heterocycles. The van der Waals surface area contributed by atoms with E-state index in [1.165, 1.54) is 57.3 Å². The standard InChI is InChI=1S/C14H21N3/c1-2-4-13(3-1)17-9-5-12(6-10-17)14-11-15-7-8-16-14/h7-8,11-13H,1-6,9-10H2. The molecule has 0 aromatic carbocycles. The van der Waals surface area contributed by atoms with E-state index in [-0.39, 0.29) is 0 Å². The average molecular weight is 231 g/mol. The van der Waals surface area contributed by atoms with Gasteiger partial charge in [-0.05, 0) is 38.8 Å². The first-order chi connectivity index (χ1) is 8.43. The van der Waals surface area contributed by atoms with Crippen molar-refractivity contribution in [2.45, 2.75) is 50.5 Å². The molecule has 0 bridgehead atoms. The molecule has 0 unspecified atom stereocenters. The number of piperidine rings is 1. The van der Waals surface area contributed by atoms with Crippen molar-refractivity contribution in [3.63, 3.8) is 0 Å².